The first-order valence-corrected chi connectivity index (χ1v) is 10.8. The zero-order valence-electron chi connectivity index (χ0n) is 18.5. The summed E-state index contributed by atoms with van der Waals surface area (Å²) in [5.74, 6) is 0.537. The first kappa shape index (κ1) is 21.8. The fourth-order valence-corrected chi connectivity index (χ4v) is 4.30. The highest BCUT2D eigenvalue weighted by Crippen LogP contribution is 2.33. The van der Waals surface area contributed by atoms with Crippen LogP contribution in [0.4, 0.5) is 4.39 Å². The van der Waals surface area contributed by atoms with Gasteiger partial charge in [0.15, 0.2) is 11.5 Å². The third-order valence-electron chi connectivity index (χ3n) is 5.93. The minimum Gasteiger partial charge on any atom is -0.497 e. The van der Waals surface area contributed by atoms with Gasteiger partial charge in [-0.25, -0.2) is 9.18 Å². The highest BCUT2D eigenvalue weighted by atomic mass is 19.1. The summed E-state index contributed by atoms with van der Waals surface area (Å²) in [4.78, 5) is 12.4. The number of carbonyl (C=O) groups is 1. The summed E-state index contributed by atoms with van der Waals surface area (Å²) < 4.78 is 32.2. The molecule has 0 unspecified atom stereocenters. The van der Waals surface area contributed by atoms with E-state index in [1.807, 2.05) is 24.3 Å². The number of ether oxygens (including phenoxy) is 3. The van der Waals surface area contributed by atoms with Gasteiger partial charge in [-0.1, -0.05) is 24.3 Å². The second-order valence-corrected chi connectivity index (χ2v) is 7.98. The standard InChI is InChI=1S/C26H23FN2O5/c1-32-18-7-8-19-20(13-28-12-16-6-9-23-24(10-16)34-15-33-23)25(26(30)31)29(22(19)11-18)14-17-4-2-3-5-21(17)27/h2-11,28H,12-15H2,1H3,(H,30,31). The number of hydrogen-bond acceptors (Lipinski definition) is 5. The summed E-state index contributed by atoms with van der Waals surface area (Å²) in [6.07, 6.45) is 0. The Kier molecular flexibility index (Phi) is 5.81. The predicted octanol–water partition coefficient (Wildman–Crippen LogP) is 4.55. The number of aromatic carboxylic acids is 1. The van der Waals surface area contributed by atoms with E-state index in [1.165, 1.54) is 6.07 Å². The fourth-order valence-electron chi connectivity index (χ4n) is 4.30. The number of halogens is 1. The molecule has 8 heteroatoms. The quantitative estimate of drug-likeness (QED) is 0.400. The maximum Gasteiger partial charge on any atom is 0.352 e. The van der Waals surface area contributed by atoms with Crippen molar-refractivity contribution < 1.29 is 28.5 Å². The Bertz CT molecular complexity index is 1380. The minimum absolute atomic E-state index is 0.0835. The van der Waals surface area contributed by atoms with Crippen molar-refractivity contribution in [1.82, 2.24) is 9.88 Å². The molecule has 0 saturated heterocycles. The molecule has 5 rings (SSSR count). The average Bonchev–Trinajstić information content (AvgIpc) is 3.42. The van der Waals surface area contributed by atoms with Crippen LogP contribution in [0.2, 0.25) is 0 Å². The van der Waals surface area contributed by atoms with Crippen LogP contribution in [0, 0.1) is 5.82 Å². The van der Waals surface area contributed by atoms with E-state index in [4.69, 9.17) is 14.2 Å². The third kappa shape index (κ3) is 4.04. The van der Waals surface area contributed by atoms with E-state index in [1.54, 1.807) is 42.0 Å². The smallest absolute Gasteiger partial charge is 0.352 e. The van der Waals surface area contributed by atoms with Gasteiger partial charge in [0, 0.05) is 35.7 Å². The van der Waals surface area contributed by atoms with Gasteiger partial charge in [-0.3, -0.25) is 0 Å². The maximum absolute atomic E-state index is 14.4. The van der Waals surface area contributed by atoms with Crippen LogP contribution < -0.4 is 19.5 Å². The monoisotopic (exact) mass is 462 g/mol. The van der Waals surface area contributed by atoms with Gasteiger partial charge in [-0.2, -0.15) is 0 Å². The van der Waals surface area contributed by atoms with Gasteiger partial charge >= 0.3 is 5.97 Å². The van der Waals surface area contributed by atoms with Crippen LogP contribution in [0.5, 0.6) is 17.2 Å². The summed E-state index contributed by atoms with van der Waals surface area (Å²) in [5.41, 5.74) is 2.80. The molecule has 0 bridgehead atoms. The Hall–Kier alpha value is -4.04. The van der Waals surface area contributed by atoms with Crippen LogP contribution >= 0.6 is 0 Å². The number of aromatic nitrogens is 1. The van der Waals surface area contributed by atoms with E-state index in [9.17, 15) is 14.3 Å². The van der Waals surface area contributed by atoms with Gasteiger partial charge in [-0.05, 0) is 35.9 Å². The molecule has 1 aliphatic rings. The summed E-state index contributed by atoms with van der Waals surface area (Å²) >= 11 is 0. The minimum atomic E-state index is -1.08. The Morgan fingerprint density at radius 3 is 2.71 bits per heavy atom. The molecule has 0 fully saturated rings. The topological polar surface area (TPSA) is 81.9 Å². The number of fused-ring (bicyclic) bond motifs is 2. The van der Waals surface area contributed by atoms with E-state index in [2.05, 4.69) is 5.32 Å². The molecule has 0 radical (unpaired) electrons. The van der Waals surface area contributed by atoms with Crippen LogP contribution in [0.3, 0.4) is 0 Å². The normalized spacial score (nSPS) is 12.3. The second kappa shape index (κ2) is 9.07. The Balaban J connectivity index is 1.50. The van der Waals surface area contributed by atoms with Gasteiger partial charge in [0.1, 0.15) is 17.3 Å². The maximum atomic E-state index is 14.4. The molecule has 34 heavy (non-hydrogen) atoms. The SMILES string of the molecule is COc1ccc2c(CNCc3ccc4c(c3)OCO4)c(C(=O)O)n(Cc3ccccc3F)c2c1. The summed E-state index contributed by atoms with van der Waals surface area (Å²) in [6.45, 7) is 1.11. The lowest BCUT2D eigenvalue weighted by atomic mass is 10.1. The first-order valence-electron chi connectivity index (χ1n) is 10.8. The lowest BCUT2D eigenvalue weighted by molar-refractivity contribution is 0.0684. The van der Waals surface area contributed by atoms with Crippen LogP contribution in [0.1, 0.15) is 27.2 Å². The number of hydrogen-bond donors (Lipinski definition) is 2. The van der Waals surface area contributed by atoms with Gasteiger partial charge in [0.25, 0.3) is 0 Å². The Labute approximate surface area is 195 Å². The molecular formula is C26H23FN2O5. The van der Waals surface area contributed by atoms with Gasteiger partial charge in [-0.15, -0.1) is 0 Å². The molecule has 2 heterocycles. The van der Waals surface area contributed by atoms with Crippen molar-refractivity contribution in [2.45, 2.75) is 19.6 Å². The number of methoxy groups -OCH3 is 1. The van der Waals surface area contributed by atoms with Crippen molar-refractivity contribution >= 4 is 16.9 Å². The van der Waals surface area contributed by atoms with Crippen molar-refractivity contribution in [2.75, 3.05) is 13.9 Å². The van der Waals surface area contributed by atoms with E-state index >= 15 is 0 Å². The molecule has 4 aromatic rings. The number of benzene rings is 3. The zero-order chi connectivity index (χ0) is 23.7. The molecule has 1 aliphatic heterocycles. The van der Waals surface area contributed by atoms with Gasteiger partial charge in [0.2, 0.25) is 6.79 Å². The molecule has 0 aliphatic carbocycles. The van der Waals surface area contributed by atoms with E-state index in [0.717, 1.165) is 10.9 Å². The molecule has 0 amide bonds. The molecule has 0 saturated carbocycles. The highest BCUT2D eigenvalue weighted by Gasteiger charge is 2.23. The lowest BCUT2D eigenvalue weighted by Gasteiger charge is -2.11. The van der Waals surface area contributed by atoms with Crippen molar-refractivity contribution in [3.05, 3.63) is 88.9 Å². The van der Waals surface area contributed by atoms with E-state index in [-0.39, 0.29) is 24.8 Å². The Morgan fingerprint density at radius 2 is 1.91 bits per heavy atom. The van der Waals surface area contributed by atoms with Crippen LogP contribution in [-0.4, -0.2) is 29.5 Å². The molecule has 0 spiro atoms. The first-order chi connectivity index (χ1) is 16.5. The van der Waals surface area contributed by atoms with Crippen molar-refractivity contribution in [2.24, 2.45) is 0 Å². The molecule has 174 valence electrons. The summed E-state index contributed by atoms with van der Waals surface area (Å²) in [5, 5.41) is 14.2. The predicted molar refractivity (Wildman–Crippen MR) is 124 cm³/mol. The molecule has 1 aromatic heterocycles. The number of nitrogens with zero attached hydrogens (tertiary/aromatic N) is 1. The number of nitrogens with one attached hydrogen (secondary N) is 1. The van der Waals surface area contributed by atoms with Crippen molar-refractivity contribution in [1.29, 1.82) is 0 Å². The van der Waals surface area contributed by atoms with Crippen molar-refractivity contribution in [3.8, 4) is 17.2 Å². The largest absolute Gasteiger partial charge is 0.497 e. The third-order valence-corrected chi connectivity index (χ3v) is 5.93. The number of carboxylic acid groups (broad SMARTS) is 1. The Morgan fingerprint density at radius 1 is 1.09 bits per heavy atom. The van der Waals surface area contributed by atoms with Crippen LogP contribution in [0.15, 0.2) is 60.7 Å². The molecule has 3 aromatic carbocycles. The molecule has 2 N–H and O–H groups in total. The fraction of sp³-hybridized carbons (Fsp3) is 0.192. The van der Waals surface area contributed by atoms with E-state index < -0.39 is 5.97 Å². The lowest BCUT2D eigenvalue weighted by Crippen LogP contribution is -2.17. The number of carboxylic acids is 1. The zero-order valence-corrected chi connectivity index (χ0v) is 18.5. The summed E-state index contributed by atoms with van der Waals surface area (Å²) in [6, 6.07) is 17.5. The van der Waals surface area contributed by atoms with Crippen LogP contribution in [0.25, 0.3) is 10.9 Å². The second-order valence-electron chi connectivity index (χ2n) is 7.98. The average molecular weight is 462 g/mol. The van der Waals surface area contributed by atoms with E-state index in [0.29, 0.717) is 47.0 Å². The van der Waals surface area contributed by atoms with Gasteiger partial charge < -0.3 is 29.2 Å². The highest BCUT2D eigenvalue weighted by molar-refractivity contribution is 5.98. The summed E-state index contributed by atoms with van der Waals surface area (Å²) in [7, 11) is 1.55. The number of rotatable bonds is 8. The molecular weight excluding hydrogens is 439 g/mol. The molecule has 7 nitrogen and oxygen atoms in total. The molecule has 0 atom stereocenters. The van der Waals surface area contributed by atoms with Crippen molar-refractivity contribution in [3.63, 3.8) is 0 Å². The van der Waals surface area contributed by atoms with Gasteiger partial charge in [0.05, 0.1) is 19.2 Å². The van der Waals surface area contributed by atoms with Crippen LogP contribution in [-0.2, 0) is 19.6 Å².